The zero-order valence-electron chi connectivity index (χ0n) is 9.85. The monoisotopic (exact) mass is 245 g/mol. The second-order valence-corrected chi connectivity index (χ2v) is 3.84. The summed E-state index contributed by atoms with van der Waals surface area (Å²) in [5.74, 6) is 0. The summed E-state index contributed by atoms with van der Waals surface area (Å²) in [7, 11) is 0. The van der Waals surface area contributed by atoms with Crippen molar-refractivity contribution in [3.05, 3.63) is 54.0 Å². The number of nitrogens with two attached hydrogens (primary N) is 1. The molecule has 5 heteroatoms. The first-order chi connectivity index (χ1) is 8.78. The molecule has 0 aliphatic carbocycles. The van der Waals surface area contributed by atoms with Gasteiger partial charge in [-0.3, -0.25) is 0 Å². The van der Waals surface area contributed by atoms with E-state index in [1.165, 1.54) is 0 Å². The van der Waals surface area contributed by atoms with Crippen molar-refractivity contribution in [3.8, 4) is 0 Å². The van der Waals surface area contributed by atoms with Crippen LogP contribution in [0.2, 0.25) is 0 Å². The zero-order chi connectivity index (χ0) is 12.8. The number of benzene rings is 1. The topological polar surface area (TPSA) is 80.3 Å². The highest BCUT2D eigenvalue weighted by molar-refractivity contribution is 5.89. The van der Waals surface area contributed by atoms with Crippen LogP contribution in [0.25, 0.3) is 0 Å². The van der Waals surface area contributed by atoms with Gasteiger partial charge in [0.15, 0.2) is 0 Å². The average molecular weight is 245 g/mol. The van der Waals surface area contributed by atoms with E-state index in [1.807, 2.05) is 24.3 Å². The highest BCUT2D eigenvalue weighted by Gasteiger charge is 2.02. The molecule has 0 saturated carbocycles. The van der Waals surface area contributed by atoms with E-state index in [9.17, 15) is 4.79 Å². The molecule has 0 aliphatic heterocycles. The van der Waals surface area contributed by atoms with Crippen LogP contribution >= 0.6 is 0 Å². The molecule has 0 unspecified atom stereocenters. The highest BCUT2D eigenvalue weighted by Crippen LogP contribution is 2.09. The maximum Gasteiger partial charge on any atom is 0.319 e. The molecule has 5 nitrogen and oxygen atoms in total. The fraction of sp³-hybridized carbons (Fsp3) is 0.154. The molecule has 0 saturated heterocycles. The molecule has 2 amide bonds. The van der Waals surface area contributed by atoms with Gasteiger partial charge in [0.1, 0.15) is 0 Å². The van der Waals surface area contributed by atoms with E-state index in [1.54, 1.807) is 18.6 Å². The second-order valence-electron chi connectivity index (χ2n) is 3.84. The smallest absolute Gasteiger partial charge is 0.319 e. The maximum absolute atomic E-state index is 11.6. The standard InChI is InChI=1S/C13H15N3O2/c14-7-10-2-1-3-12(6-10)16-13(17)15-8-11-4-5-18-9-11/h1-6,9H,7-8,14H2,(H2,15,16,17). The van der Waals surface area contributed by atoms with Crippen LogP contribution in [0.3, 0.4) is 0 Å². The molecule has 0 fully saturated rings. The van der Waals surface area contributed by atoms with Gasteiger partial charge >= 0.3 is 6.03 Å². The lowest BCUT2D eigenvalue weighted by molar-refractivity contribution is 0.251. The molecule has 0 radical (unpaired) electrons. The summed E-state index contributed by atoms with van der Waals surface area (Å²) in [5, 5.41) is 5.47. The lowest BCUT2D eigenvalue weighted by Gasteiger charge is -2.07. The van der Waals surface area contributed by atoms with Gasteiger partial charge in [-0.05, 0) is 23.8 Å². The van der Waals surface area contributed by atoms with Gasteiger partial charge in [0.2, 0.25) is 0 Å². The molecule has 2 rings (SSSR count). The van der Waals surface area contributed by atoms with Crippen molar-refractivity contribution in [2.24, 2.45) is 5.73 Å². The third-order valence-electron chi connectivity index (χ3n) is 2.45. The Morgan fingerprint density at radius 1 is 1.28 bits per heavy atom. The van der Waals surface area contributed by atoms with Gasteiger partial charge in [0, 0.05) is 24.3 Å². The van der Waals surface area contributed by atoms with Crippen LogP contribution in [0, 0.1) is 0 Å². The van der Waals surface area contributed by atoms with Crippen LogP contribution in [-0.4, -0.2) is 6.03 Å². The minimum Gasteiger partial charge on any atom is -0.472 e. The normalized spacial score (nSPS) is 10.1. The third-order valence-corrected chi connectivity index (χ3v) is 2.45. The predicted octanol–water partition coefficient (Wildman–Crippen LogP) is 2.06. The lowest BCUT2D eigenvalue weighted by Crippen LogP contribution is -2.28. The minimum absolute atomic E-state index is 0.259. The van der Waals surface area contributed by atoms with E-state index in [0.29, 0.717) is 13.1 Å². The van der Waals surface area contributed by atoms with Crippen molar-refractivity contribution in [1.29, 1.82) is 0 Å². The molecule has 2 aromatic rings. The summed E-state index contributed by atoms with van der Waals surface area (Å²) in [4.78, 5) is 11.6. The summed E-state index contributed by atoms with van der Waals surface area (Å²) in [6.07, 6.45) is 3.16. The van der Waals surface area contributed by atoms with E-state index in [0.717, 1.165) is 16.8 Å². The summed E-state index contributed by atoms with van der Waals surface area (Å²) in [5.41, 5.74) is 8.15. The van der Waals surface area contributed by atoms with Crippen LogP contribution in [0.1, 0.15) is 11.1 Å². The molecule has 94 valence electrons. The molecule has 0 atom stereocenters. The summed E-state index contributed by atoms with van der Waals surface area (Å²) in [6.45, 7) is 0.880. The van der Waals surface area contributed by atoms with Crippen LogP contribution in [0.5, 0.6) is 0 Å². The number of carbonyl (C=O) groups excluding carboxylic acids is 1. The average Bonchev–Trinajstić information content (AvgIpc) is 2.90. The molecule has 1 aromatic carbocycles. The lowest BCUT2D eigenvalue weighted by atomic mass is 10.2. The molecular formula is C13H15N3O2. The fourth-order valence-corrected chi connectivity index (χ4v) is 1.53. The SMILES string of the molecule is NCc1cccc(NC(=O)NCc2ccoc2)c1. The van der Waals surface area contributed by atoms with E-state index < -0.39 is 0 Å². The Kier molecular flexibility index (Phi) is 3.98. The van der Waals surface area contributed by atoms with E-state index in [-0.39, 0.29) is 6.03 Å². The molecule has 4 N–H and O–H groups in total. The van der Waals surface area contributed by atoms with E-state index in [2.05, 4.69) is 10.6 Å². The van der Waals surface area contributed by atoms with Crippen molar-refractivity contribution in [2.45, 2.75) is 13.1 Å². The summed E-state index contributed by atoms with van der Waals surface area (Å²) in [6, 6.07) is 8.97. The Morgan fingerprint density at radius 3 is 2.89 bits per heavy atom. The van der Waals surface area contributed by atoms with Crippen LogP contribution in [0.15, 0.2) is 47.3 Å². The van der Waals surface area contributed by atoms with Crippen LogP contribution < -0.4 is 16.4 Å². The van der Waals surface area contributed by atoms with Crippen molar-refractivity contribution in [1.82, 2.24) is 5.32 Å². The number of rotatable bonds is 4. The fourth-order valence-electron chi connectivity index (χ4n) is 1.53. The number of amides is 2. The Morgan fingerprint density at radius 2 is 2.17 bits per heavy atom. The number of hydrogen-bond acceptors (Lipinski definition) is 3. The van der Waals surface area contributed by atoms with Gasteiger partial charge < -0.3 is 20.8 Å². The zero-order valence-corrected chi connectivity index (χ0v) is 9.85. The summed E-state index contributed by atoms with van der Waals surface area (Å²) < 4.78 is 4.91. The molecule has 0 spiro atoms. The second kappa shape index (κ2) is 5.88. The molecule has 1 heterocycles. The van der Waals surface area contributed by atoms with Gasteiger partial charge in [-0.1, -0.05) is 12.1 Å². The first-order valence-corrected chi connectivity index (χ1v) is 5.63. The summed E-state index contributed by atoms with van der Waals surface area (Å²) >= 11 is 0. The van der Waals surface area contributed by atoms with Gasteiger partial charge in [-0.15, -0.1) is 0 Å². The van der Waals surface area contributed by atoms with Crippen molar-refractivity contribution < 1.29 is 9.21 Å². The molecule has 0 bridgehead atoms. The number of anilines is 1. The predicted molar refractivity (Wildman–Crippen MR) is 68.9 cm³/mol. The Balaban J connectivity index is 1.86. The molecule has 0 aliphatic rings. The Labute approximate surface area is 105 Å². The quantitative estimate of drug-likeness (QED) is 0.771. The Hall–Kier alpha value is -2.27. The van der Waals surface area contributed by atoms with E-state index >= 15 is 0 Å². The maximum atomic E-state index is 11.6. The third kappa shape index (κ3) is 3.36. The number of hydrogen-bond donors (Lipinski definition) is 3. The highest BCUT2D eigenvalue weighted by atomic mass is 16.3. The van der Waals surface area contributed by atoms with Crippen LogP contribution in [0.4, 0.5) is 10.5 Å². The molecule has 1 aromatic heterocycles. The van der Waals surface area contributed by atoms with Crippen molar-refractivity contribution in [3.63, 3.8) is 0 Å². The number of urea groups is 1. The number of furan rings is 1. The molecule has 18 heavy (non-hydrogen) atoms. The van der Waals surface area contributed by atoms with Crippen molar-refractivity contribution in [2.75, 3.05) is 5.32 Å². The largest absolute Gasteiger partial charge is 0.472 e. The minimum atomic E-state index is -0.259. The number of nitrogens with one attached hydrogen (secondary N) is 2. The first-order valence-electron chi connectivity index (χ1n) is 5.63. The number of carbonyl (C=O) groups is 1. The van der Waals surface area contributed by atoms with E-state index in [4.69, 9.17) is 10.2 Å². The van der Waals surface area contributed by atoms with Crippen molar-refractivity contribution >= 4 is 11.7 Å². The van der Waals surface area contributed by atoms with Gasteiger partial charge in [0.05, 0.1) is 12.5 Å². The first kappa shape index (κ1) is 12.2. The Bertz CT molecular complexity index is 509. The van der Waals surface area contributed by atoms with Crippen LogP contribution in [-0.2, 0) is 13.1 Å². The molecular weight excluding hydrogens is 230 g/mol. The van der Waals surface area contributed by atoms with Gasteiger partial charge in [-0.25, -0.2) is 4.79 Å². The van der Waals surface area contributed by atoms with Gasteiger partial charge in [-0.2, -0.15) is 0 Å². The van der Waals surface area contributed by atoms with Gasteiger partial charge in [0.25, 0.3) is 0 Å².